The highest BCUT2D eigenvalue weighted by Gasteiger charge is 2.44. The van der Waals surface area contributed by atoms with Crippen molar-refractivity contribution in [2.45, 2.75) is 56.8 Å². The fourth-order valence-corrected chi connectivity index (χ4v) is 11.9. The molecule has 1 spiro atoms. The van der Waals surface area contributed by atoms with E-state index in [4.69, 9.17) is 0 Å². The second-order valence-electron chi connectivity index (χ2n) is 18.7. The highest BCUT2D eigenvalue weighted by Crippen LogP contribution is 2.58. The molecule has 9 aromatic rings. The van der Waals surface area contributed by atoms with Crippen LogP contribution in [-0.2, 0) is 10.8 Å². The van der Waals surface area contributed by atoms with Gasteiger partial charge in [-0.3, -0.25) is 0 Å². The molecule has 64 heavy (non-hydrogen) atoms. The largest absolute Gasteiger partial charge is 0.310 e. The van der Waals surface area contributed by atoms with Gasteiger partial charge < -0.3 is 4.90 Å². The van der Waals surface area contributed by atoms with E-state index in [1.807, 2.05) is 0 Å². The van der Waals surface area contributed by atoms with Crippen LogP contribution in [0.1, 0.15) is 68.2 Å². The summed E-state index contributed by atoms with van der Waals surface area (Å²) in [5, 5.41) is 0. The van der Waals surface area contributed by atoms with Gasteiger partial charge in [0.15, 0.2) is 0 Å². The quantitative estimate of drug-likeness (QED) is 0.155. The molecule has 308 valence electrons. The standard InChI is InChI=1S/C63H51N/c1-62(2)57-27-12-9-23-52(57)55-25-17-26-56(61(55)62)54-24-11-14-29-60(54)64(48-38-39-53-51-22-10-13-28-58(51)63(59(53)42-48)40-15-4-16-41-63)47-36-34-46(35-37-47)50-21-8-7-20-49(50)45-32-30-44(31-33-45)43-18-5-3-6-19-43/h3,5-14,17-39,42H,4,15-16,40-41H2,1-2H3. The summed E-state index contributed by atoms with van der Waals surface area (Å²) < 4.78 is 0. The van der Waals surface area contributed by atoms with Crippen molar-refractivity contribution in [1.82, 2.24) is 0 Å². The summed E-state index contributed by atoms with van der Waals surface area (Å²) in [6.45, 7) is 4.80. The van der Waals surface area contributed by atoms with Gasteiger partial charge in [0, 0.05) is 27.8 Å². The molecule has 0 aromatic heterocycles. The average molecular weight is 822 g/mol. The number of nitrogens with zero attached hydrogens (tertiary/aromatic N) is 1. The van der Waals surface area contributed by atoms with Gasteiger partial charge in [-0.25, -0.2) is 0 Å². The Kier molecular flexibility index (Phi) is 9.16. The van der Waals surface area contributed by atoms with Crippen molar-refractivity contribution in [3.05, 3.63) is 235 Å². The minimum absolute atomic E-state index is 0.0499. The zero-order chi connectivity index (χ0) is 42.8. The van der Waals surface area contributed by atoms with E-state index in [1.165, 1.54) is 132 Å². The summed E-state index contributed by atoms with van der Waals surface area (Å²) in [5.74, 6) is 0. The smallest absolute Gasteiger partial charge is 0.0540 e. The molecule has 0 unspecified atom stereocenters. The maximum Gasteiger partial charge on any atom is 0.0540 e. The third-order valence-corrected chi connectivity index (χ3v) is 14.9. The van der Waals surface area contributed by atoms with Crippen molar-refractivity contribution >= 4 is 17.1 Å². The first-order chi connectivity index (χ1) is 31.5. The van der Waals surface area contributed by atoms with Crippen LogP contribution in [0.15, 0.2) is 212 Å². The number of para-hydroxylation sites is 1. The predicted molar refractivity (Wildman–Crippen MR) is 270 cm³/mol. The fourth-order valence-electron chi connectivity index (χ4n) is 11.9. The van der Waals surface area contributed by atoms with Crippen LogP contribution >= 0.6 is 0 Å². The molecule has 1 saturated carbocycles. The lowest BCUT2D eigenvalue weighted by atomic mass is 9.68. The van der Waals surface area contributed by atoms with E-state index in [9.17, 15) is 0 Å². The van der Waals surface area contributed by atoms with Gasteiger partial charge in [-0.1, -0.05) is 215 Å². The zero-order valence-corrected chi connectivity index (χ0v) is 36.7. The first-order valence-corrected chi connectivity index (χ1v) is 23.2. The number of hydrogen-bond acceptors (Lipinski definition) is 1. The summed E-state index contributed by atoms with van der Waals surface area (Å²) in [7, 11) is 0. The van der Waals surface area contributed by atoms with E-state index >= 15 is 0 Å². The monoisotopic (exact) mass is 821 g/mol. The minimum atomic E-state index is -0.149. The summed E-state index contributed by atoms with van der Waals surface area (Å²) in [6, 6.07) is 79.5. The van der Waals surface area contributed by atoms with Crippen LogP contribution in [0.5, 0.6) is 0 Å². The molecular formula is C63H51N. The topological polar surface area (TPSA) is 3.24 Å². The molecule has 1 fully saturated rings. The Morgan fingerprint density at radius 2 is 0.797 bits per heavy atom. The lowest BCUT2D eigenvalue weighted by Gasteiger charge is -2.37. The highest BCUT2D eigenvalue weighted by atomic mass is 15.1. The first-order valence-electron chi connectivity index (χ1n) is 23.2. The lowest BCUT2D eigenvalue weighted by Crippen LogP contribution is -2.28. The van der Waals surface area contributed by atoms with Gasteiger partial charge >= 0.3 is 0 Å². The van der Waals surface area contributed by atoms with Crippen LogP contribution < -0.4 is 4.90 Å². The number of fused-ring (bicyclic) bond motifs is 8. The molecule has 0 N–H and O–H groups in total. The SMILES string of the molecule is CC1(C)c2ccccc2-c2cccc(-c3ccccc3N(c3ccc(-c4ccccc4-c4ccc(-c5ccccc5)cc4)cc3)c3ccc4c(c3)C3(CCCCC3)c3ccccc3-4)c21. The summed E-state index contributed by atoms with van der Waals surface area (Å²) in [5.41, 5.74) is 24.6. The molecule has 0 heterocycles. The zero-order valence-electron chi connectivity index (χ0n) is 36.7. The number of rotatable bonds is 7. The third kappa shape index (κ3) is 6.05. The molecule has 0 bridgehead atoms. The average Bonchev–Trinajstić information content (AvgIpc) is 3.76. The Morgan fingerprint density at radius 1 is 0.328 bits per heavy atom. The second-order valence-corrected chi connectivity index (χ2v) is 18.7. The van der Waals surface area contributed by atoms with Gasteiger partial charge in [0.2, 0.25) is 0 Å². The molecular weight excluding hydrogens is 771 g/mol. The molecule has 9 aromatic carbocycles. The van der Waals surface area contributed by atoms with E-state index in [0.717, 1.165) is 5.69 Å². The molecule has 1 nitrogen and oxygen atoms in total. The van der Waals surface area contributed by atoms with Gasteiger partial charge in [0.25, 0.3) is 0 Å². The minimum Gasteiger partial charge on any atom is -0.310 e. The molecule has 0 saturated heterocycles. The molecule has 0 amide bonds. The Hall–Kier alpha value is -7.22. The second kappa shape index (κ2) is 15.2. The van der Waals surface area contributed by atoms with Crippen molar-refractivity contribution in [3.63, 3.8) is 0 Å². The van der Waals surface area contributed by atoms with Crippen LogP contribution in [-0.4, -0.2) is 0 Å². The predicted octanol–water partition coefficient (Wildman–Crippen LogP) is 17.4. The van der Waals surface area contributed by atoms with Gasteiger partial charge in [-0.2, -0.15) is 0 Å². The van der Waals surface area contributed by atoms with Gasteiger partial charge in [-0.05, 0) is 127 Å². The molecule has 0 radical (unpaired) electrons. The fraction of sp³-hybridized carbons (Fsp3) is 0.143. The van der Waals surface area contributed by atoms with Gasteiger partial charge in [-0.15, -0.1) is 0 Å². The summed E-state index contributed by atoms with van der Waals surface area (Å²) >= 11 is 0. The normalized spacial score (nSPS) is 15.0. The Morgan fingerprint density at radius 3 is 1.48 bits per heavy atom. The molecule has 12 rings (SSSR count). The van der Waals surface area contributed by atoms with E-state index in [0.29, 0.717) is 0 Å². The lowest BCUT2D eigenvalue weighted by molar-refractivity contribution is 0.353. The maximum absolute atomic E-state index is 2.56. The molecule has 1 heteroatoms. The van der Waals surface area contributed by atoms with Crippen LogP contribution in [0.2, 0.25) is 0 Å². The maximum atomic E-state index is 2.56. The van der Waals surface area contributed by atoms with E-state index < -0.39 is 0 Å². The third-order valence-electron chi connectivity index (χ3n) is 14.9. The van der Waals surface area contributed by atoms with E-state index in [-0.39, 0.29) is 10.8 Å². The van der Waals surface area contributed by atoms with Crippen molar-refractivity contribution in [1.29, 1.82) is 0 Å². The summed E-state index contributed by atoms with van der Waals surface area (Å²) in [4.78, 5) is 2.54. The molecule has 3 aliphatic carbocycles. The number of benzene rings is 9. The van der Waals surface area contributed by atoms with Crippen molar-refractivity contribution < 1.29 is 0 Å². The van der Waals surface area contributed by atoms with E-state index in [2.05, 4.69) is 231 Å². The van der Waals surface area contributed by atoms with Gasteiger partial charge in [0.1, 0.15) is 0 Å². The highest BCUT2D eigenvalue weighted by molar-refractivity contribution is 5.96. The van der Waals surface area contributed by atoms with Crippen molar-refractivity contribution in [2.75, 3.05) is 4.90 Å². The Balaban J connectivity index is 1.01. The van der Waals surface area contributed by atoms with Crippen molar-refractivity contribution in [3.8, 4) is 66.8 Å². The van der Waals surface area contributed by atoms with Crippen LogP contribution in [0.25, 0.3) is 66.8 Å². The number of anilines is 3. The van der Waals surface area contributed by atoms with Crippen LogP contribution in [0.4, 0.5) is 17.1 Å². The van der Waals surface area contributed by atoms with Crippen LogP contribution in [0, 0.1) is 0 Å². The first kappa shape index (κ1) is 38.5. The Bertz CT molecular complexity index is 3200. The molecule has 3 aliphatic rings. The molecule has 0 aliphatic heterocycles. The number of hydrogen-bond donors (Lipinski definition) is 0. The Labute approximate surface area is 378 Å². The van der Waals surface area contributed by atoms with E-state index in [1.54, 1.807) is 0 Å². The molecule has 0 atom stereocenters. The van der Waals surface area contributed by atoms with Gasteiger partial charge in [0.05, 0.1) is 5.69 Å². The van der Waals surface area contributed by atoms with Crippen LogP contribution in [0.3, 0.4) is 0 Å². The van der Waals surface area contributed by atoms with Crippen molar-refractivity contribution in [2.24, 2.45) is 0 Å². The summed E-state index contributed by atoms with van der Waals surface area (Å²) in [6.07, 6.45) is 6.25.